The van der Waals surface area contributed by atoms with Gasteiger partial charge < -0.3 is 9.62 Å². The fourth-order valence-electron chi connectivity index (χ4n) is 0.885. The van der Waals surface area contributed by atoms with E-state index in [1.54, 1.807) is 6.08 Å². The van der Waals surface area contributed by atoms with Gasteiger partial charge >= 0.3 is 0 Å². The molecule has 0 radical (unpaired) electrons. The molecule has 0 bridgehead atoms. The molecule has 0 saturated carbocycles. The van der Waals surface area contributed by atoms with Gasteiger partial charge in [0.05, 0.1) is 0 Å². The summed E-state index contributed by atoms with van der Waals surface area (Å²) in [7, 11) is 0. The highest BCUT2D eigenvalue weighted by atomic mass is 32.1. The predicted octanol–water partition coefficient (Wildman–Crippen LogP) is 0.147. The molecule has 0 aromatic heterocycles. The number of hydrogen-bond donors (Lipinski definition) is 1. The summed E-state index contributed by atoms with van der Waals surface area (Å²) in [6, 6.07) is 0. The van der Waals surface area contributed by atoms with Gasteiger partial charge in [0.1, 0.15) is 6.61 Å². The van der Waals surface area contributed by atoms with Crippen molar-refractivity contribution in [3.63, 3.8) is 0 Å². The average Bonchev–Trinajstić information content (AvgIpc) is 2.63. The van der Waals surface area contributed by atoms with Gasteiger partial charge in [-0.3, -0.25) is 10.1 Å². The maximum atomic E-state index is 11.1. The van der Waals surface area contributed by atoms with Gasteiger partial charge in [-0.25, -0.2) is 0 Å². The van der Waals surface area contributed by atoms with E-state index in [1.165, 1.54) is 6.08 Å². The van der Waals surface area contributed by atoms with Gasteiger partial charge in [0, 0.05) is 6.08 Å². The third kappa shape index (κ3) is 1.68. The second-order valence-corrected chi connectivity index (χ2v) is 2.70. The molecule has 68 valence electrons. The molecule has 2 aliphatic heterocycles. The maximum absolute atomic E-state index is 11.1. The Bertz CT molecular complexity index is 333. The van der Waals surface area contributed by atoms with E-state index >= 15 is 0 Å². The number of allylic oxidation sites excluding steroid dienone is 1. The average molecular weight is 199 g/mol. The number of thiocarbonyl (C=S) groups is 1. The summed E-state index contributed by atoms with van der Waals surface area (Å²) in [5, 5.41) is 2.37. The van der Waals surface area contributed by atoms with Crippen LogP contribution in [0.5, 0.6) is 0 Å². The van der Waals surface area contributed by atoms with Crippen LogP contribution in [0.3, 0.4) is 0 Å². The summed E-state index contributed by atoms with van der Waals surface area (Å²) in [5.41, 5.74) is 0. The third-order valence-corrected chi connectivity index (χ3v) is 1.61. The number of amides is 1. The molecule has 2 aliphatic rings. The normalized spacial score (nSPS) is 24.0. The first-order chi connectivity index (χ1) is 6.25. The molecule has 5 nitrogen and oxygen atoms in total. The second-order valence-electron chi connectivity index (χ2n) is 2.33. The van der Waals surface area contributed by atoms with Crippen LogP contribution in [-0.2, 0) is 19.3 Å². The van der Waals surface area contributed by atoms with E-state index in [-0.39, 0.29) is 16.8 Å². The van der Waals surface area contributed by atoms with Crippen molar-refractivity contribution < 1.29 is 19.3 Å². The fraction of sp³-hybridized carbons (Fsp3) is 0.143. The number of carbonyl (C=O) groups is 1. The van der Waals surface area contributed by atoms with Gasteiger partial charge in [0.2, 0.25) is 0 Å². The zero-order valence-electron chi connectivity index (χ0n) is 6.40. The second kappa shape index (κ2) is 3.15. The van der Waals surface area contributed by atoms with Crippen molar-refractivity contribution in [1.82, 2.24) is 5.32 Å². The van der Waals surface area contributed by atoms with Crippen molar-refractivity contribution in [2.75, 3.05) is 6.61 Å². The Morgan fingerprint density at radius 2 is 2.46 bits per heavy atom. The first-order valence-corrected chi connectivity index (χ1v) is 3.91. The molecule has 1 saturated heterocycles. The molecule has 2 heterocycles. The molecule has 1 fully saturated rings. The van der Waals surface area contributed by atoms with Crippen molar-refractivity contribution in [3.05, 3.63) is 23.7 Å². The quantitative estimate of drug-likeness (QED) is 0.370. The Kier molecular flexibility index (Phi) is 1.99. The number of rotatable bonds is 1. The lowest BCUT2D eigenvalue weighted by Gasteiger charge is -1.94. The Labute approximate surface area is 78.9 Å². The summed E-state index contributed by atoms with van der Waals surface area (Å²) in [6.07, 6.45) is 3.09. The fourth-order valence-corrected chi connectivity index (χ4v) is 1.07. The largest absolute Gasteiger partial charge is 0.426 e. The number of nitrogens with one attached hydrogen (secondary N) is 1. The zero-order valence-corrected chi connectivity index (χ0v) is 7.22. The highest BCUT2D eigenvalue weighted by molar-refractivity contribution is 7.80. The lowest BCUT2D eigenvalue weighted by molar-refractivity contribution is -0.230. The third-order valence-electron chi connectivity index (χ3n) is 1.42. The minimum atomic E-state index is -0.374. The van der Waals surface area contributed by atoms with Gasteiger partial charge in [0.25, 0.3) is 11.1 Å². The molecule has 0 spiro atoms. The van der Waals surface area contributed by atoms with Crippen LogP contribution in [0.15, 0.2) is 23.7 Å². The molecule has 1 amide bonds. The van der Waals surface area contributed by atoms with Crippen molar-refractivity contribution >= 4 is 23.3 Å². The Hall–Kier alpha value is -1.40. The van der Waals surface area contributed by atoms with Crippen molar-refractivity contribution in [2.24, 2.45) is 0 Å². The number of carbonyl (C=O) groups excluding carboxylic acids is 1. The summed E-state index contributed by atoms with van der Waals surface area (Å²) in [5.74, 6) is 0.179. The van der Waals surface area contributed by atoms with Gasteiger partial charge in [-0.1, -0.05) is 0 Å². The molecule has 6 heteroatoms. The molecular formula is C7H5NO4S. The van der Waals surface area contributed by atoms with Crippen LogP contribution in [0.1, 0.15) is 0 Å². The highest BCUT2D eigenvalue weighted by Gasteiger charge is 2.24. The summed E-state index contributed by atoms with van der Waals surface area (Å²) >= 11 is 4.63. The maximum Gasteiger partial charge on any atom is 0.294 e. The predicted molar refractivity (Wildman–Crippen MR) is 45.0 cm³/mol. The van der Waals surface area contributed by atoms with E-state index in [1.807, 2.05) is 0 Å². The van der Waals surface area contributed by atoms with Crippen LogP contribution in [-0.4, -0.2) is 17.7 Å². The van der Waals surface area contributed by atoms with E-state index in [0.717, 1.165) is 0 Å². The van der Waals surface area contributed by atoms with E-state index in [4.69, 9.17) is 4.74 Å². The zero-order chi connectivity index (χ0) is 9.26. The minimum Gasteiger partial charge on any atom is -0.426 e. The molecule has 13 heavy (non-hydrogen) atoms. The molecule has 0 aromatic rings. The monoisotopic (exact) mass is 199 g/mol. The molecule has 1 N–H and O–H groups in total. The van der Waals surface area contributed by atoms with Crippen LogP contribution in [0, 0.1) is 0 Å². The smallest absolute Gasteiger partial charge is 0.294 e. The number of ether oxygens (including phenoxy) is 1. The van der Waals surface area contributed by atoms with E-state index in [0.29, 0.717) is 12.4 Å². The Morgan fingerprint density at radius 1 is 1.62 bits per heavy atom. The Morgan fingerprint density at radius 3 is 3.00 bits per heavy atom. The van der Waals surface area contributed by atoms with E-state index < -0.39 is 0 Å². The lowest BCUT2D eigenvalue weighted by Crippen LogP contribution is -2.18. The summed E-state index contributed by atoms with van der Waals surface area (Å²) in [6.45, 7) is 0.366. The van der Waals surface area contributed by atoms with Crippen LogP contribution < -0.4 is 5.32 Å². The van der Waals surface area contributed by atoms with Gasteiger partial charge in [-0.15, -0.1) is 0 Å². The standard InChI is InChI=1S/C7H5NO4S/c9-6-5(11-7(13)8-6)3-4-1-2-10-12-4/h1,3H,2H2,(H,8,9,13). The van der Waals surface area contributed by atoms with Crippen molar-refractivity contribution in [1.29, 1.82) is 0 Å². The summed E-state index contributed by atoms with van der Waals surface area (Å²) < 4.78 is 4.89. The molecule has 2 rings (SSSR count). The molecule has 0 aromatic carbocycles. The SMILES string of the molecule is O=C1NC(=S)OC1=CC1=CCOO1. The van der Waals surface area contributed by atoms with E-state index in [2.05, 4.69) is 27.3 Å². The minimum absolute atomic E-state index is 0.0516. The first kappa shape index (κ1) is 8.21. The van der Waals surface area contributed by atoms with Gasteiger partial charge in [-0.05, 0) is 18.3 Å². The molecule has 0 aliphatic carbocycles. The summed E-state index contributed by atoms with van der Waals surface area (Å²) in [4.78, 5) is 20.3. The highest BCUT2D eigenvalue weighted by Crippen LogP contribution is 2.14. The van der Waals surface area contributed by atoms with E-state index in [9.17, 15) is 4.79 Å². The van der Waals surface area contributed by atoms with Crippen LogP contribution in [0.4, 0.5) is 0 Å². The van der Waals surface area contributed by atoms with Crippen molar-refractivity contribution in [3.8, 4) is 0 Å². The topological polar surface area (TPSA) is 56.8 Å². The lowest BCUT2D eigenvalue weighted by atomic mass is 10.3. The van der Waals surface area contributed by atoms with Crippen LogP contribution in [0.2, 0.25) is 0 Å². The first-order valence-electron chi connectivity index (χ1n) is 3.50. The van der Waals surface area contributed by atoms with Crippen LogP contribution >= 0.6 is 12.2 Å². The number of hydrogen-bond acceptors (Lipinski definition) is 5. The Balaban J connectivity index is 2.15. The van der Waals surface area contributed by atoms with Gasteiger partial charge in [0.15, 0.2) is 11.5 Å². The molecule has 0 atom stereocenters. The molecular weight excluding hydrogens is 194 g/mol. The molecule has 0 unspecified atom stereocenters. The van der Waals surface area contributed by atoms with Crippen LogP contribution in [0.25, 0.3) is 0 Å². The van der Waals surface area contributed by atoms with Gasteiger partial charge in [-0.2, -0.15) is 4.89 Å². The van der Waals surface area contributed by atoms with Crippen molar-refractivity contribution in [2.45, 2.75) is 0 Å².